The molecule has 7 heteroatoms. The quantitative estimate of drug-likeness (QED) is 0.810. The molecule has 2 amide bonds. The molecule has 1 aromatic carbocycles. The molecule has 0 saturated carbocycles. The number of carbonyl (C=O) groups excluding carboxylic acids is 2. The molecule has 150 valence electrons. The fraction of sp³-hybridized carbons (Fsp3) is 0.318. The summed E-state index contributed by atoms with van der Waals surface area (Å²) in [7, 11) is 0. The van der Waals surface area contributed by atoms with Crippen LogP contribution in [0.4, 0.5) is 5.69 Å². The summed E-state index contributed by atoms with van der Waals surface area (Å²) in [5.74, 6) is -0.238. The third-order valence-electron chi connectivity index (χ3n) is 4.90. The highest BCUT2D eigenvalue weighted by atomic mass is 16.2. The van der Waals surface area contributed by atoms with Crippen LogP contribution in [0.25, 0.3) is 0 Å². The van der Waals surface area contributed by atoms with Crippen molar-refractivity contribution >= 4 is 29.2 Å². The molecule has 2 aromatic rings. The molecule has 3 rings (SSSR count). The summed E-state index contributed by atoms with van der Waals surface area (Å²) in [6, 6.07) is 5.97. The molecule has 0 atom stereocenters. The first-order valence-electron chi connectivity index (χ1n) is 9.47. The van der Waals surface area contributed by atoms with E-state index in [9.17, 15) is 9.59 Å². The van der Waals surface area contributed by atoms with Crippen molar-refractivity contribution in [3.63, 3.8) is 0 Å². The molecular weight excluding hydrogens is 366 g/mol. The zero-order chi connectivity index (χ0) is 21.3. The van der Waals surface area contributed by atoms with Gasteiger partial charge in [-0.3, -0.25) is 9.59 Å². The van der Waals surface area contributed by atoms with Gasteiger partial charge in [-0.25, -0.2) is 9.67 Å². The number of hydrogen-bond acceptors (Lipinski definition) is 4. The van der Waals surface area contributed by atoms with Gasteiger partial charge in [0.15, 0.2) is 0 Å². The summed E-state index contributed by atoms with van der Waals surface area (Å²) in [6.07, 6.45) is 0.857. The van der Waals surface area contributed by atoms with E-state index < -0.39 is 5.91 Å². The molecular formula is C22H25N5O2. The van der Waals surface area contributed by atoms with Crippen LogP contribution in [0.2, 0.25) is 0 Å². The van der Waals surface area contributed by atoms with Crippen LogP contribution in [-0.4, -0.2) is 33.3 Å². The van der Waals surface area contributed by atoms with E-state index in [0.29, 0.717) is 24.1 Å². The molecule has 1 aromatic heterocycles. The van der Waals surface area contributed by atoms with Gasteiger partial charge < -0.3 is 5.32 Å². The van der Waals surface area contributed by atoms with Crippen molar-refractivity contribution in [2.24, 2.45) is 9.98 Å². The van der Waals surface area contributed by atoms with E-state index in [2.05, 4.69) is 33.0 Å². The van der Waals surface area contributed by atoms with Crippen LogP contribution < -0.4 is 5.32 Å². The summed E-state index contributed by atoms with van der Waals surface area (Å²) in [4.78, 5) is 32.7. The molecule has 0 saturated heterocycles. The maximum atomic E-state index is 12.4. The minimum absolute atomic E-state index is 0.0584. The van der Waals surface area contributed by atoms with Crippen molar-refractivity contribution in [3.05, 3.63) is 58.4 Å². The number of aliphatic imine (C=N–C) groups is 2. The molecule has 0 fully saturated rings. The Balaban J connectivity index is 1.74. The molecule has 0 radical (unpaired) electrons. The van der Waals surface area contributed by atoms with E-state index >= 15 is 0 Å². The smallest absolute Gasteiger partial charge is 0.281 e. The molecule has 0 spiro atoms. The Kier molecular flexibility index (Phi) is 5.59. The van der Waals surface area contributed by atoms with Crippen LogP contribution in [0.1, 0.15) is 41.4 Å². The maximum absolute atomic E-state index is 12.4. The Labute approximate surface area is 170 Å². The number of rotatable bonds is 4. The lowest BCUT2D eigenvalue weighted by Gasteiger charge is -2.11. The maximum Gasteiger partial charge on any atom is 0.281 e. The lowest BCUT2D eigenvalue weighted by atomic mass is 10.1. The van der Waals surface area contributed by atoms with Gasteiger partial charge in [-0.05, 0) is 69.9 Å². The molecule has 0 bridgehead atoms. The molecule has 1 aliphatic heterocycles. The second-order valence-electron chi connectivity index (χ2n) is 7.38. The van der Waals surface area contributed by atoms with E-state index in [1.54, 1.807) is 11.6 Å². The minimum Gasteiger partial charge on any atom is -0.326 e. The number of amides is 2. The average molecular weight is 391 g/mol. The van der Waals surface area contributed by atoms with Crippen LogP contribution in [0.5, 0.6) is 0 Å². The molecule has 2 heterocycles. The normalized spacial score (nSPS) is 14.0. The second kappa shape index (κ2) is 7.95. The molecule has 0 unspecified atom stereocenters. The number of anilines is 1. The number of benzene rings is 1. The molecule has 1 N–H and O–H groups in total. The lowest BCUT2D eigenvalue weighted by Crippen LogP contribution is -2.23. The summed E-state index contributed by atoms with van der Waals surface area (Å²) in [5, 5.41) is 7.43. The predicted molar refractivity (Wildman–Crippen MR) is 115 cm³/mol. The Hall–Kier alpha value is -3.35. The van der Waals surface area contributed by atoms with E-state index in [4.69, 9.17) is 0 Å². The van der Waals surface area contributed by atoms with E-state index in [0.717, 1.165) is 33.8 Å². The largest absolute Gasteiger partial charge is 0.326 e. The minimum atomic E-state index is -0.408. The van der Waals surface area contributed by atoms with Crippen molar-refractivity contribution in [1.29, 1.82) is 0 Å². The van der Waals surface area contributed by atoms with Crippen molar-refractivity contribution in [1.82, 2.24) is 9.78 Å². The van der Waals surface area contributed by atoms with Gasteiger partial charge in [0.25, 0.3) is 11.9 Å². The van der Waals surface area contributed by atoms with E-state index in [1.807, 2.05) is 39.8 Å². The Morgan fingerprint density at radius 1 is 1.07 bits per heavy atom. The van der Waals surface area contributed by atoms with Gasteiger partial charge in [-0.15, -0.1) is 0 Å². The van der Waals surface area contributed by atoms with Crippen molar-refractivity contribution in [3.8, 4) is 0 Å². The fourth-order valence-electron chi connectivity index (χ4n) is 3.39. The van der Waals surface area contributed by atoms with Crippen LogP contribution in [-0.2, 0) is 16.0 Å². The fourth-order valence-corrected chi connectivity index (χ4v) is 3.39. The first kappa shape index (κ1) is 20.4. The average Bonchev–Trinajstić information content (AvgIpc) is 2.90. The number of nitrogens with one attached hydrogen (secondary N) is 1. The zero-order valence-electron chi connectivity index (χ0n) is 17.5. The number of aromatic nitrogens is 2. The topological polar surface area (TPSA) is 88.7 Å². The highest BCUT2D eigenvalue weighted by Gasteiger charge is 2.22. The van der Waals surface area contributed by atoms with Gasteiger partial charge in [0.05, 0.1) is 17.0 Å². The molecule has 7 nitrogen and oxygen atoms in total. The van der Waals surface area contributed by atoms with Gasteiger partial charge in [-0.2, -0.15) is 10.1 Å². The summed E-state index contributed by atoms with van der Waals surface area (Å²) >= 11 is 0. The van der Waals surface area contributed by atoms with Crippen LogP contribution in [0, 0.1) is 27.7 Å². The van der Waals surface area contributed by atoms with Crippen molar-refractivity contribution in [2.45, 2.75) is 47.5 Å². The third kappa shape index (κ3) is 4.39. The van der Waals surface area contributed by atoms with Gasteiger partial charge in [0.1, 0.15) is 0 Å². The van der Waals surface area contributed by atoms with Crippen LogP contribution >= 0.6 is 0 Å². The SMILES string of the molecule is C=C1C(=O)N=C(n2nc(C)c(CCC(=O)Nc3cc(C)cc(C)c3)c2C)N=C1C. The highest BCUT2D eigenvalue weighted by Crippen LogP contribution is 2.19. The van der Waals surface area contributed by atoms with Gasteiger partial charge >= 0.3 is 0 Å². The standard InChI is InChI=1S/C22H25N5O2/c1-12-9-13(2)11-18(10-12)24-20(28)8-7-19-16(5)26-27(17(19)6)22-23-15(4)14(3)21(29)25-22/h9-11H,3,7-8H2,1-2,4-6H3,(H,24,28). The Morgan fingerprint density at radius 3 is 2.34 bits per heavy atom. The van der Waals surface area contributed by atoms with Gasteiger partial charge in [0.2, 0.25) is 5.91 Å². The van der Waals surface area contributed by atoms with E-state index in [1.165, 1.54) is 0 Å². The van der Waals surface area contributed by atoms with Crippen molar-refractivity contribution in [2.75, 3.05) is 5.32 Å². The Bertz CT molecular complexity index is 1070. The third-order valence-corrected chi connectivity index (χ3v) is 4.90. The monoisotopic (exact) mass is 391 g/mol. The van der Waals surface area contributed by atoms with E-state index in [-0.39, 0.29) is 11.9 Å². The highest BCUT2D eigenvalue weighted by molar-refractivity contribution is 6.27. The molecule has 29 heavy (non-hydrogen) atoms. The van der Waals surface area contributed by atoms with Gasteiger partial charge in [-0.1, -0.05) is 12.6 Å². The van der Waals surface area contributed by atoms with Crippen molar-refractivity contribution < 1.29 is 9.59 Å². The van der Waals surface area contributed by atoms with Crippen LogP contribution in [0.3, 0.4) is 0 Å². The summed E-state index contributed by atoms with van der Waals surface area (Å²) in [6.45, 7) is 13.2. The molecule has 1 aliphatic rings. The predicted octanol–water partition coefficient (Wildman–Crippen LogP) is 3.45. The summed E-state index contributed by atoms with van der Waals surface area (Å²) < 4.78 is 1.56. The number of aryl methyl sites for hydroxylation is 3. The second-order valence-corrected chi connectivity index (χ2v) is 7.38. The van der Waals surface area contributed by atoms with Crippen LogP contribution in [0.15, 0.2) is 40.3 Å². The Morgan fingerprint density at radius 2 is 1.72 bits per heavy atom. The summed E-state index contributed by atoms with van der Waals surface area (Å²) in [5.41, 5.74) is 6.39. The first-order valence-corrected chi connectivity index (χ1v) is 9.47. The first-order chi connectivity index (χ1) is 13.7. The molecule has 0 aliphatic carbocycles. The number of nitrogens with zero attached hydrogens (tertiary/aromatic N) is 4. The zero-order valence-corrected chi connectivity index (χ0v) is 17.5. The number of hydrogen-bond donors (Lipinski definition) is 1. The lowest BCUT2D eigenvalue weighted by molar-refractivity contribution is -0.116. The van der Waals surface area contributed by atoms with Gasteiger partial charge in [0, 0.05) is 17.8 Å². The number of carbonyl (C=O) groups is 2.